The maximum atomic E-state index is 11.0. The predicted octanol–water partition coefficient (Wildman–Crippen LogP) is 2.06. The Kier molecular flexibility index (Phi) is 6.48. The fourth-order valence-electron chi connectivity index (χ4n) is 3.19. The number of carboxylic acid groups (broad SMARTS) is 1. The molecule has 4 aromatic rings. The van der Waals surface area contributed by atoms with Gasteiger partial charge < -0.3 is 9.90 Å². The second-order valence-electron chi connectivity index (χ2n) is 6.40. The first-order chi connectivity index (χ1) is 13.2. The monoisotopic (exact) mass is 372 g/mol. The standard InChI is InChI=1S/C25H18O2.Na/c26-25(27)21-13-11-20(12-14-21)24-16-22(18-7-3-1-4-8-18)15-23(17-24)19-9-5-2-6-10-19;/h1-17H,(H,26,27);/q;+1/p-1. The van der Waals surface area contributed by atoms with E-state index in [0.29, 0.717) is 0 Å². The number of aromatic carboxylic acids is 1. The zero-order valence-electron chi connectivity index (χ0n) is 15.6. The molecule has 0 heterocycles. The van der Waals surface area contributed by atoms with Crippen LogP contribution < -0.4 is 34.7 Å². The summed E-state index contributed by atoms with van der Waals surface area (Å²) < 4.78 is 0. The van der Waals surface area contributed by atoms with Crippen molar-refractivity contribution in [1.29, 1.82) is 0 Å². The van der Waals surface area contributed by atoms with E-state index in [1.165, 1.54) is 0 Å². The van der Waals surface area contributed by atoms with Crippen LogP contribution in [-0.2, 0) is 0 Å². The Labute approximate surface area is 186 Å². The second kappa shape index (κ2) is 9.03. The zero-order chi connectivity index (χ0) is 18.6. The Morgan fingerprint density at radius 3 is 1.21 bits per heavy atom. The van der Waals surface area contributed by atoms with Gasteiger partial charge in [0.1, 0.15) is 0 Å². The molecule has 0 bridgehead atoms. The van der Waals surface area contributed by atoms with Gasteiger partial charge in [0.25, 0.3) is 0 Å². The van der Waals surface area contributed by atoms with Crippen LogP contribution in [0.15, 0.2) is 103 Å². The van der Waals surface area contributed by atoms with Crippen molar-refractivity contribution in [3.8, 4) is 33.4 Å². The molecule has 0 spiro atoms. The van der Waals surface area contributed by atoms with E-state index in [-0.39, 0.29) is 35.1 Å². The van der Waals surface area contributed by atoms with Crippen LogP contribution in [0, 0.1) is 0 Å². The van der Waals surface area contributed by atoms with Crippen LogP contribution in [0.4, 0.5) is 0 Å². The van der Waals surface area contributed by atoms with Gasteiger partial charge in [-0.15, -0.1) is 0 Å². The van der Waals surface area contributed by atoms with Gasteiger partial charge in [0.2, 0.25) is 0 Å². The van der Waals surface area contributed by atoms with Crippen LogP contribution >= 0.6 is 0 Å². The number of hydrogen-bond acceptors (Lipinski definition) is 2. The largest absolute Gasteiger partial charge is 1.00 e. The van der Waals surface area contributed by atoms with Gasteiger partial charge in [-0.25, -0.2) is 0 Å². The average Bonchev–Trinajstić information content (AvgIpc) is 2.75. The van der Waals surface area contributed by atoms with Crippen molar-refractivity contribution in [2.75, 3.05) is 0 Å². The molecule has 130 valence electrons. The Bertz CT molecular complexity index is 1010. The van der Waals surface area contributed by atoms with Crippen LogP contribution in [0.2, 0.25) is 0 Å². The summed E-state index contributed by atoms with van der Waals surface area (Å²) in [5, 5.41) is 11.0. The maximum Gasteiger partial charge on any atom is 1.00 e. The quantitative estimate of drug-likeness (QED) is 0.515. The fourth-order valence-corrected chi connectivity index (χ4v) is 3.19. The molecule has 0 radical (unpaired) electrons. The van der Waals surface area contributed by atoms with E-state index in [1.807, 2.05) is 48.5 Å². The van der Waals surface area contributed by atoms with Gasteiger partial charge in [-0.05, 0) is 57.1 Å². The Hall–Kier alpha value is -2.65. The van der Waals surface area contributed by atoms with Crippen molar-refractivity contribution in [3.05, 3.63) is 109 Å². The topological polar surface area (TPSA) is 40.1 Å². The van der Waals surface area contributed by atoms with E-state index in [4.69, 9.17) is 0 Å². The van der Waals surface area contributed by atoms with Gasteiger partial charge >= 0.3 is 29.6 Å². The second-order valence-corrected chi connectivity index (χ2v) is 6.40. The van der Waals surface area contributed by atoms with Crippen molar-refractivity contribution in [2.24, 2.45) is 0 Å². The normalized spacial score (nSPS) is 10.1. The third kappa shape index (κ3) is 4.42. The Balaban J connectivity index is 0.00000225. The minimum atomic E-state index is -1.16. The molecule has 4 aromatic carbocycles. The van der Waals surface area contributed by atoms with E-state index in [9.17, 15) is 9.90 Å². The fraction of sp³-hybridized carbons (Fsp3) is 0. The molecular formula is C25H17NaO2. The maximum absolute atomic E-state index is 11.0. The molecular weight excluding hydrogens is 355 g/mol. The van der Waals surface area contributed by atoms with Crippen LogP contribution in [0.25, 0.3) is 33.4 Å². The van der Waals surface area contributed by atoms with E-state index in [0.717, 1.165) is 33.4 Å². The number of carbonyl (C=O) groups is 1. The first-order valence-electron chi connectivity index (χ1n) is 8.78. The van der Waals surface area contributed by atoms with E-state index in [1.54, 1.807) is 12.1 Å². The summed E-state index contributed by atoms with van der Waals surface area (Å²) in [6.07, 6.45) is 0. The molecule has 0 aliphatic rings. The van der Waals surface area contributed by atoms with Crippen molar-refractivity contribution in [1.82, 2.24) is 0 Å². The Morgan fingerprint density at radius 1 is 0.500 bits per heavy atom. The predicted molar refractivity (Wildman–Crippen MR) is 107 cm³/mol. The summed E-state index contributed by atoms with van der Waals surface area (Å²) in [5.41, 5.74) is 6.72. The van der Waals surface area contributed by atoms with E-state index in [2.05, 4.69) is 42.5 Å². The summed E-state index contributed by atoms with van der Waals surface area (Å²) in [4.78, 5) is 11.0. The number of rotatable bonds is 4. The van der Waals surface area contributed by atoms with E-state index >= 15 is 0 Å². The first-order valence-corrected chi connectivity index (χ1v) is 8.78. The van der Waals surface area contributed by atoms with E-state index < -0.39 is 5.97 Å². The molecule has 0 aromatic heterocycles. The molecule has 0 aliphatic heterocycles. The zero-order valence-corrected chi connectivity index (χ0v) is 17.6. The number of hydrogen-bond donors (Lipinski definition) is 0. The average molecular weight is 372 g/mol. The third-order valence-electron chi connectivity index (χ3n) is 4.60. The molecule has 0 aliphatic carbocycles. The van der Waals surface area contributed by atoms with Crippen molar-refractivity contribution < 1.29 is 39.5 Å². The van der Waals surface area contributed by atoms with Crippen LogP contribution in [0.5, 0.6) is 0 Å². The minimum absolute atomic E-state index is 0. The van der Waals surface area contributed by atoms with Crippen LogP contribution in [0.1, 0.15) is 10.4 Å². The van der Waals surface area contributed by atoms with Crippen LogP contribution in [0.3, 0.4) is 0 Å². The molecule has 0 fully saturated rings. The summed E-state index contributed by atoms with van der Waals surface area (Å²) >= 11 is 0. The number of carbonyl (C=O) groups excluding carboxylic acids is 1. The van der Waals surface area contributed by atoms with Gasteiger partial charge in [-0.2, -0.15) is 0 Å². The first kappa shape index (κ1) is 20.1. The minimum Gasteiger partial charge on any atom is -0.545 e. The van der Waals surface area contributed by atoms with Crippen molar-refractivity contribution >= 4 is 5.97 Å². The SMILES string of the molecule is O=C([O-])c1ccc(-c2cc(-c3ccccc3)cc(-c3ccccc3)c2)cc1.[Na+]. The van der Waals surface area contributed by atoms with Gasteiger partial charge in [0, 0.05) is 0 Å². The summed E-state index contributed by atoms with van der Waals surface area (Å²) in [7, 11) is 0. The molecule has 0 saturated carbocycles. The summed E-state index contributed by atoms with van der Waals surface area (Å²) in [6.45, 7) is 0. The molecule has 28 heavy (non-hydrogen) atoms. The Morgan fingerprint density at radius 2 is 0.857 bits per heavy atom. The molecule has 0 N–H and O–H groups in total. The summed E-state index contributed by atoms with van der Waals surface area (Å²) in [6, 6.07) is 33.7. The summed E-state index contributed by atoms with van der Waals surface area (Å²) in [5.74, 6) is -1.16. The van der Waals surface area contributed by atoms with Crippen molar-refractivity contribution in [2.45, 2.75) is 0 Å². The number of benzene rings is 4. The molecule has 0 saturated heterocycles. The van der Waals surface area contributed by atoms with Gasteiger partial charge in [-0.3, -0.25) is 0 Å². The van der Waals surface area contributed by atoms with Crippen molar-refractivity contribution in [3.63, 3.8) is 0 Å². The molecule has 0 amide bonds. The molecule has 0 unspecified atom stereocenters. The molecule has 2 nitrogen and oxygen atoms in total. The molecule has 0 atom stereocenters. The van der Waals surface area contributed by atoms with Gasteiger partial charge in [0.15, 0.2) is 0 Å². The van der Waals surface area contributed by atoms with Gasteiger partial charge in [0.05, 0.1) is 5.97 Å². The number of carboxylic acids is 1. The smallest absolute Gasteiger partial charge is 0.545 e. The van der Waals surface area contributed by atoms with Crippen LogP contribution in [-0.4, -0.2) is 5.97 Å². The van der Waals surface area contributed by atoms with Gasteiger partial charge in [-0.1, -0.05) is 84.9 Å². The molecule has 4 rings (SSSR count). The third-order valence-corrected chi connectivity index (χ3v) is 4.60. The molecule has 3 heteroatoms.